The number of hydrogen-bond acceptors (Lipinski definition) is 8. The van der Waals surface area contributed by atoms with Crippen molar-refractivity contribution >= 4 is 69.2 Å². The molecule has 0 aromatic heterocycles. The molecule has 2 fully saturated rings. The molecule has 0 atom stereocenters. The number of carbonyl (C=O) groups is 6. The van der Waals surface area contributed by atoms with Gasteiger partial charge >= 0.3 is 24.2 Å². The summed E-state index contributed by atoms with van der Waals surface area (Å²) in [5.41, 5.74) is 1.57. The molecule has 2 saturated heterocycles. The largest absolute Gasteiger partial charge is 0.496 e. The zero-order chi connectivity index (χ0) is 42.5. The molecular formula is C35H40F7IN4O8. The summed E-state index contributed by atoms with van der Waals surface area (Å²) in [5, 5.41) is 5.21. The standard InChI is InChI=1S/C17H18F3IN2O4.C17H19F3N2O4.CH3F/c1-9(24)22-13-8-14(27-2)11(7-12(13)21)15(25)10-3-5-23(6-4-10)16(26)17(18,19)20;1-10(23)21-12-3-4-13(14(9-12)26-2)15(24)11-5-7-22(8-6-11)16(25)17(18,19)20;1-2/h7-8,10H,3-6H2,1-2H3,(H,22,24);3-4,9,11H,5-8H2,1-2H3,(H,21,23);1H3/i;;1D. The minimum absolute atomic E-state index is 0.124. The maximum absolute atomic E-state index is 12.8. The monoisotopic (exact) mass is 905 g/mol. The van der Waals surface area contributed by atoms with E-state index in [0.29, 0.717) is 26.1 Å². The summed E-state index contributed by atoms with van der Waals surface area (Å²) in [6.45, 7) is 2.21. The fourth-order valence-electron chi connectivity index (χ4n) is 5.86. The quantitative estimate of drug-likeness (QED) is 0.174. The summed E-state index contributed by atoms with van der Waals surface area (Å²) < 4.78 is 102. The molecule has 0 radical (unpaired) electrons. The number of ether oxygens (including phenoxy) is 2. The fraction of sp³-hybridized carbons (Fsp3) is 0.486. The van der Waals surface area contributed by atoms with Crippen molar-refractivity contribution in [2.45, 2.75) is 51.9 Å². The minimum atomic E-state index is -4.91. The summed E-state index contributed by atoms with van der Waals surface area (Å²) in [4.78, 5) is 71.9. The van der Waals surface area contributed by atoms with Gasteiger partial charge in [0.2, 0.25) is 11.8 Å². The van der Waals surface area contributed by atoms with Gasteiger partial charge in [-0.05, 0) is 66.5 Å². The number of Topliss-reactive ketones (excluding diaryl/α,β-unsaturated/α-hetero) is 2. The van der Waals surface area contributed by atoms with E-state index in [0.717, 1.165) is 9.80 Å². The number of carbonyl (C=O) groups excluding carboxylic acids is 6. The maximum Gasteiger partial charge on any atom is 0.471 e. The molecule has 0 spiro atoms. The van der Waals surface area contributed by atoms with Crippen molar-refractivity contribution in [1.29, 1.82) is 0 Å². The van der Waals surface area contributed by atoms with Gasteiger partial charge in [0, 0.05) is 73.3 Å². The number of methoxy groups -OCH3 is 2. The molecule has 12 nitrogen and oxygen atoms in total. The molecule has 2 aromatic carbocycles. The fourth-order valence-corrected chi connectivity index (χ4v) is 6.47. The molecule has 2 N–H and O–H groups in total. The van der Waals surface area contributed by atoms with Gasteiger partial charge in [-0.2, -0.15) is 26.3 Å². The van der Waals surface area contributed by atoms with Crippen LogP contribution in [-0.2, 0) is 19.2 Å². The van der Waals surface area contributed by atoms with E-state index in [1.54, 1.807) is 18.2 Å². The number of piperidine rings is 2. The first kappa shape index (κ1) is 44.9. The summed E-state index contributed by atoms with van der Waals surface area (Å²) in [6.07, 6.45) is -9.22. The zero-order valence-corrected chi connectivity index (χ0v) is 32.2. The van der Waals surface area contributed by atoms with Crippen LogP contribution in [0.3, 0.4) is 0 Å². The number of rotatable bonds is 8. The SMILES string of the molecule is COc1cc(NC(C)=O)c(I)cc1C(=O)C1CCN(C(=O)C(F)(F)F)CC1.COc1cc(NC(C)=O)ccc1C(=O)C1CCN(C(=O)C(F)(F)F)CC1.[2H]CF. The average molecular weight is 906 g/mol. The van der Waals surface area contributed by atoms with Crippen LogP contribution in [-0.4, -0.2) is 105 Å². The predicted octanol–water partition coefficient (Wildman–Crippen LogP) is 6.46. The summed E-state index contributed by atoms with van der Waals surface area (Å²) in [6, 6.07) is 7.70. The van der Waals surface area contributed by atoms with E-state index in [2.05, 4.69) is 10.6 Å². The molecule has 304 valence electrons. The molecule has 4 rings (SSSR count). The normalized spacial score (nSPS) is 15.2. The highest BCUT2D eigenvalue weighted by molar-refractivity contribution is 14.1. The van der Waals surface area contributed by atoms with Gasteiger partial charge in [-0.3, -0.25) is 33.2 Å². The van der Waals surface area contributed by atoms with Gasteiger partial charge in [-0.1, -0.05) is 0 Å². The van der Waals surface area contributed by atoms with Crippen molar-refractivity contribution in [3.63, 3.8) is 0 Å². The van der Waals surface area contributed by atoms with E-state index >= 15 is 0 Å². The predicted molar refractivity (Wildman–Crippen MR) is 194 cm³/mol. The molecular weight excluding hydrogens is 864 g/mol. The van der Waals surface area contributed by atoms with Crippen LogP contribution in [0.4, 0.5) is 42.1 Å². The second kappa shape index (κ2) is 20.4. The van der Waals surface area contributed by atoms with E-state index in [1.165, 1.54) is 40.2 Å². The summed E-state index contributed by atoms with van der Waals surface area (Å²) >= 11 is 1.98. The number of anilines is 2. The molecule has 55 heavy (non-hydrogen) atoms. The molecule has 0 saturated carbocycles. The number of benzene rings is 2. The Balaban J connectivity index is 0.000000362. The summed E-state index contributed by atoms with van der Waals surface area (Å²) in [7, 11) is 1.77. The van der Waals surface area contributed by atoms with Crippen molar-refractivity contribution in [3.8, 4) is 11.5 Å². The highest BCUT2D eigenvalue weighted by atomic mass is 127. The van der Waals surface area contributed by atoms with Crippen LogP contribution < -0.4 is 20.1 Å². The van der Waals surface area contributed by atoms with Crippen molar-refractivity contribution in [1.82, 2.24) is 9.80 Å². The van der Waals surface area contributed by atoms with Gasteiger partial charge in [0.25, 0.3) is 0 Å². The number of halogens is 8. The lowest BCUT2D eigenvalue weighted by atomic mass is 9.88. The zero-order valence-electron chi connectivity index (χ0n) is 31.1. The lowest BCUT2D eigenvalue weighted by molar-refractivity contribution is -0.186. The number of alkyl halides is 7. The Morgan fingerprint density at radius 3 is 1.49 bits per heavy atom. The Hall–Kier alpha value is -4.50. The molecule has 2 aromatic rings. The van der Waals surface area contributed by atoms with E-state index in [4.69, 9.17) is 10.8 Å². The first-order chi connectivity index (χ1) is 26.1. The van der Waals surface area contributed by atoms with Crippen LogP contribution in [0.1, 0.15) is 61.6 Å². The van der Waals surface area contributed by atoms with Crippen LogP contribution in [0, 0.1) is 15.4 Å². The van der Waals surface area contributed by atoms with Gasteiger partial charge in [-0.25, -0.2) is 0 Å². The van der Waals surface area contributed by atoms with Crippen molar-refractivity contribution in [2.24, 2.45) is 11.8 Å². The molecule has 20 heteroatoms. The Morgan fingerprint density at radius 2 is 1.11 bits per heavy atom. The third kappa shape index (κ3) is 13.1. The smallest absolute Gasteiger partial charge is 0.471 e. The van der Waals surface area contributed by atoms with Crippen molar-refractivity contribution in [3.05, 3.63) is 45.0 Å². The number of nitrogens with one attached hydrogen (secondary N) is 2. The van der Waals surface area contributed by atoms with Gasteiger partial charge in [0.05, 0.1) is 39.6 Å². The first-order valence-electron chi connectivity index (χ1n) is 17.1. The Labute approximate surface area is 327 Å². The highest BCUT2D eigenvalue weighted by Gasteiger charge is 2.45. The third-order valence-electron chi connectivity index (χ3n) is 8.44. The van der Waals surface area contributed by atoms with Crippen LogP contribution in [0.15, 0.2) is 30.3 Å². The average Bonchev–Trinajstić information content (AvgIpc) is 3.13. The van der Waals surface area contributed by atoms with Crippen molar-refractivity contribution in [2.75, 3.05) is 58.2 Å². The third-order valence-corrected chi connectivity index (χ3v) is 9.34. The van der Waals surface area contributed by atoms with Crippen LogP contribution in [0.5, 0.6) is 11.5 Å². The Morgan fingerprint density at radius 1 is 0.709 bits per heavy atom. The molecule has 2 heterocycles. The second-order valence-corrected chi connectivity index (χ2v) is 13.3. The van der Waals surface area contributed by atoms with Gasteiger partial charge in [0.15, 0.2) is 11.6 Å². The first-order valence-corrected chi connectivity index (χ1v) is 17.4. The number of ketones is 2. The lowest BCUT2D eigenvalue weighted by Gasteiger charge is -2.32. The topological polar surface area (TPSA) is 151 Å². The van der Waals surface area contributed by atoms with Crippen molar-refractivity contribution < 1.29 is 70.3 Å². The molecule has 0 aliphatic carbocycles. The molecule has 2 aliphatic rings. The number of hydrogen-bond donors (Lipinski definition) is 2. The highest BCUT2D eigenvalue weighted by Crippen LogP contribution is 2.34. The number of likely N-dealkylation sites (tertiary alicyclic amines) is 2. The van der Waals surface area contributed by atoms with Crippen LogP contribution in [0.2, 0.25) is 0 Å². The van der Waals surface area contributed by atoms with Gasteiger partial charge < -0.3 is 29.9 Å². The van der Waals surface area contributed by atoms with Crippen LogP contribution in [0.25, 0.3) is 0 Å². The number of nitrogens with zero attached hydrogens (tertiary/aromatic N) is 2. The Bertz CT molecular complexity index is 1750. The van der Waals surface area contributed by atoms with E-state index in [9.17, 15) is 59.5 Å². The van der Waals surface area contributed by atoms with E-state index in [1.807, 2.05) is 22.6 Å². The molecule has 0 unspecified atom stereocenters. The second-order valence-electron chi connectivity index (χ2n) is 12.2. The Kier molecular flexibility index (Phi) is 16.7. The van der Waals surface area contributed by atoms with Crippen LogP contribution >= 0.6 is 22.6 Å². The molecule has 2 aliphatic heterocycles. The molecule has 4 amide bonds. The van der Waals surface area contributed by atoms with E-state index < -0.39 is 43.2 Å². The van der Waals surface area contributed by atoms with Gasteiger partial charge in [0.1, 0.15) is 11.5 Å². The minimum Gasteiger partial charge on any atom is -0.496 e. The van der Waals surface area contributed by atoms with Gasteiger partial charge in [-0.15, -0.1) is 0 Å². The molecule has 0 bridgehead atoms. The van der Waals surface area contributed by atoms with E-state index in [-0.39, 0.29) is 86.7 Å². The number of amides is 4. The maximum atomic E-state index is 12.8. The lowest BCUT2D eigenvalue weighted by Crippen LogP contribution is -2.46. The summed E-state index contributed by atoms with van der Waals surface area (Å²) in [5.74, 6) is -5.24.